The summed E-state index contributed by atoms with van der Waals surface area (Å²) in [5.74, 6) is 1.27. The molecule has 56 heavy (non-hydrogen) atoms. The molecule has 1 aliphatic rings. The van der Waals surface area contributed by atoms with Crippen molar-refractivity contribution in [1.29, 1.82) is 0 Å². The molecule has 296 valence electrons. The van der Waals surface area contributed by atoms with E-state index < -0.39 is 29.2 Å². The Morgan fingerprint density at radius 1 is 0.946 bits per heavy atom. The molecule has 3 N–H and O–H groups in total. The lowest BCUT2D eigenvalue weighted by molar-refractivity contribution is -0.180. The minimum atomic E-state index is -1.56. The van der Waals surface area contributed by atoms with Crippen molar-refractivity contribution in [3.8, 4) is 11.5 Å². The maximum atomic E-state index is 13.3. The number of nitrogens with zero attached hydrogens (tertiary/aromatic N) is 2. The second kappa shape index (κ2) is 17.7. The van der Waals surface area contributed by atoms with E-state index >= 15 is 0 Å². The van der Waals surface area contributed by atoms with Crippen LogP contribution in [0.15, 0.2) is 114 Å². The lowest BCUT2D eigenvalue weighted by Gasteiger charge is -2.33. The Labute approximate surface area is 329 Å². The zero-order chi connectivity index (χ0) is 39.8. The smallest absolute Gasteiger partial charge is 0.410 e. The molecule has 0 fully saturated rings. The minimum Gasteiger partial charge on any atom is -0.494 e. The van der Waals surface area contributed by atoms with Crippen molar-refractivity contribution < 1.29 is 38.5 Å². The third kappa shape index (κ3) is 10.6. The first-order valence-electron chi connectivity index (χ1n) is 19.1. The largest absolute Gasteiger partial charge is 0.494 e. The molecule has 0 saturated carbocycles. The van der Waals surface area contributed by atoms with Crippen molar-refractivity contribution in [2.75, 3.05) is 26.2 Å². The van der Waals surface area contributed by atoms with Crippen LogP contribution in [-0.2, 0) is 34.6 Å². The molecule has 0 radical (unpaired) electrons. The van der Waals surface area contributed by atoms with E-state index in [0.717, 1.165) is 34.6 Å². The van der Waals surface area contributed by atoms with Crippen molar-refractivity contribution in [3.05, 3.63) is 148 Å². The highest BCUT2D eigenvalue weighted by atomic mass is 16.7. The summed E-state index contributed by atoms with van der Waals surface area (Å²) >= 11 is 0. The Bertz CT molecular complexity index is 1970. The average Bonchev–Trinajstić information content (AvgIpc) is 3.66. The molecule has 1 amide bonds. The van der Waals surface area contributed by atoms with Gasteiger partial charge in [-0.05, 0) is 86.7 Å². The Balaban J connectivity index is 0.989. The van der Waals surface area contributed by atoms with Gasteiger partial charge in [0.25, 0.3) is 0 Å². The fraction of sp³-hybridized carbons (Fsp3) is 0.378. The number of hydrogen-bond acceptors (Lipinski definition) is 10. The standard InChI is InChI=1S/C45H53N3O8/c1-43(2,3)55-42(50)48(30-38-28-41(47-56-38)45(51,35-13-8-6-9-14-35)36-15-10-7-11-16-36)25-12-26-52-37-20-17-32(18-21-37)23-24-46-29-39(49)33-19-22-40-34(27-33)31-53-44(4,5)54-40/h6-11,13-22,27-28,39,46,49,51H,12,23-26,29-31H2,1-5H3. The zero-order valence-electron chi connectivity index (χ0n) is 32.9. The monoisotopic (exact) mass is 763 g/mol. The number of rotatable bonds is 16. The highest BCUT2D eigenvalue weighted by molar-refractivity contribution is 5.68. The quantitative estimate of drug-likeness (QED) is 0.0860. The molecule has 0 spiro atoms. The van der Waals surface area contributed by atoms with Crippen LogP contribution in [0.1, 0.15) is 86.4 Å². The lowest BCUT2D eigenvalue weighted by Crippen LogP contribution is -2.37. The molecule has 1 atom stereocenters. The molecule has 1 aliphatic heterocycles. The van der Waals surface area contributed by atoms with Crippen LogP contribution < -0.4 is 14.8 Å². The molecule has 1 aromatic heterocycles. The van der Waals surface area contributed by atoms with E-state index in [-0.39, 0.29) is 6.54 Å². The van der Waals surface area contributed by atoms with Gasteiger partial charge in [-0.2, -0.15) is 0 Å². The third-order valence-electron chi connectivity index (χ3n) is 9.40. The lowest BCUT2D eigenvalue weighted by atomic mass is 9.83. The highest BCUT2D eigenvalue weighted by Crippen LogP contribution is 2.36. The SMILES string of the molecule is CC(C)(C)OC(=O)N(CCCOc1ccc(CCNCC(O)c2ccc3c(c2)COC(C)(C)O3)cc1)Cc1cc(C(O)(c2ccccc2)c2ccccc2)no1. The first-order chi connectivity index (χ1) is 26.8. The van der Waals surface area contributed by atoms with Crippen LogP contribution in [0.4, 0.5) is 4.79 Å². The van der Waals surface area contributed by atoms with Gasteiger partial charge in [-0.3, -0.25) is 0 Å². The average molecular weight is 764 g/mol. The van der Waals surface area contributed by atoms with E-state index in [1.54, 1.807) is 11.0 Å². The summed E-state index contributed by atoms with van der Waals surface area (Å²) < 4.78 is 29.1. The fourth-order valence-corrected chi connectivity index (χ4v) is 6.48. The summed E-state index contributed by atoms with van der Waals surface area (Å²) in [4.78, 5) is 14.9. The van der Waals surface area contributed by atoms with Gasteiger partial charge in [0, 0.05) is 38.6 Å². The van der Waals surface area contributed by atoms with Gasteiger partial charge in [-0.15, -0.1) is 0 Å². The minimum absolute atomic E-state index is 0.0943. The Hall–Kier alpha value is -5.20. The van der Waals surface area contributed by atoms with Gasteiger partial charge in [0.05, 0.1) is 25.9 Å². The predicted octanol–water partition coefficient (Wildman–Crippen LogP) is 7.68. The van der Waals surface area contributed by atoms with Crippen molar-refractivity contribution in [2.24, 2.45) is 0 Å². The van der Waals surface area contributed by atoms with Crippen LogP contribution in [0.2, 0.25) is 0 Å². The second-order valence-corrected chi connectivity index (χ2v) is 15.5. The number of aliphatic hydroxyl groups excluding tert-OH is 1. The number of aromatic nitrogens is 1. The molecule has 4 aromatic carbocycles. The number of hydrogen-bond donors (Lipinski definition) is 3. The topological polar surface area (TPSA) is 136 Å². The van der Waals surface area contributed by atoms with Crippen molar-refractivity contribution in [1.82, 2.24) is 15.4 Å². The molecular formula is C45H53N3O8. The number of fused-ring (bicyclic) bond motifs is 1. The molecule has 11 nitrogen and oxygen atoms in total. The van der Waals surface area contributed by atoms with Crippen LogP contribution in [0.3, 0.4) is 0 Å². The van der Waals surface area contributed by atoms with Gasteiger partial charge in [-0.25, -0.2) is 4.79 Å². The van der Waals surface area contributed by atoms with E-state index in [1.807, 2.05) is 138 Å². The molecule has 11 heteroatoms. The molecule has 5 aromatic rings. The number of carbonyl (C=O) groups is 1. The molecule has 1 unspecified atom stereocenters. The predicted molar refractivity (Wildman–Crippen MR) is 212 cm³/mol. The van der Waals surface area contributed by atoms with Gasteiger partial charge in [-0.1, -0.05) is 84.0 Å². The Kier molecular flexibility index (Phi) is 12.8. The fourth-order valence-electron chi connectivity index (χ4n) is 6.48. The number of amides is 1. The number of carbonyl (C=O) groups excluding carboxylic acids is 1. The normalized spacial score (nSPS) is 14.3. The van der Waals surface area contributed by atoms with Gasteiger partial charge >= 0.3 is 6.09 Å². The zero-order valence-corrected chi connectivity index (χ0v) is 32.9. The number of nitrogens with one attached hydrogen (secondary N) is 1. The van der Waals surface area contributed by atoms with E-state index in [2.05, 4.69) is 10.5 Å². The van der Waals surface area contributed by atoms with Crippen molar-refractivity contribution >= 4 is 6.09 Å². The molecule has 0 bridgehead atoms. The van der Waals surface area contributed by atoms with E-state index in [9.17, 15) is 15.0 Å². The van der Waals surface area contributed by atoms with Crippen molar-refractivity contribution in [2.45, 2.75) is 83.7 Å². The summed E-state index contributed by atoms with van der Waals surface area (Å²) in [5, 5.41) is 30.5. The Morgan fingerprint density at radius 3 is 2.29 bits per heavy atom. The highest BCUT2D eigenvalue weighted by Gasteiger charge is 2.37. The molecular weight excluding hydrogens is 711 g/mol. The van der Waals surface area contributed by atoms with Crippen LogP contribution in [0.25, 0.3) is 0 Å². The van der Waals surface area contributed by atoms with E-state index in [4.69, 9.17) is 23.5 Å². The molecule has 6 rings (SSSR count). The van der Waals surface area contributed by atoms with Gasteiger partial charge in [0.1, 0.15) is 22.8 Å². The molecule has 0 saturated heterocycles. The number of benzene rings is 4. The van der Waals surface area contributed by atoms with Gasteiger partial charge in [0.2, 0.25) is 5.79 Å². The Morgan fingerprint density at radius 2 is 1.62 bits per heavy atom. The van der Waals surface area contributed by atoms with Gasteiger partial charge < -0.3 is 43.9 Å². The molecule has 0 aliphatic carbocycles. The summed E-state index contributed by atoms with van der Waals surface area (Å²) in [5.41, 5.74) is 2.24. The number of ether oxygens (including phenoxy) is 4. The third-order valence-corrected chi connectivity index (χ3v) is 9.40. The molecule has 2 heterocycles. The van der Waals surface area contributed by atoms with E-state index in [1.165, 1.54) is 0 Å². The first kappa shape index (κ1) is 40.5. The summed E-state index contributed by atoms with van der Waals surface area (Å²) in [6, 6.07) is 34.0. The summed E-state index contributed by atoms with van der Waals surface area (Å²) in [6.45, 7) is 11.6. The van der Waals surface area contributed by atoms with Crippen LogP contribution in [0.5, 0.6) is 11.5 Å². The second-order valence-electron chi connectivity index (χ2n) is 15.5. The van der Waals surface area contributed by atoms with Crippen LogP contribution in [-0.4, -0.2) is 64.0 Å². The summed E-state index contributed by atoms with van der Waals surface area (Å²) in [6.07, 6.45) is 0.188. The number of aliphatic hydroxyl groups is 2. The maximum absolute atomic E-state index is 13.3. The summed E-state index contributed by atoms with van der Waals surface area (Å²) in [7, 11) is 0. The van der Waals surface area contributed by atoms with Crippen molar-refractivity contribution in [3.63, 3.8) is 0 Å². The van der Waals surface area contributed by atoms with Crippen LogP contribution >= 0.6 is 0 Å². The maximum Gasteiger partial charge on any atom is 0.410 e. The van der Waals surface area contributed by atoms with E-state index in [0.29, 0.717) is 61.8 Å². The first-order valence-corrected chi connectivity index (χ1v) is 19.1. The van der Waals surface area contributed by atoms with Gasteiger partial charge in [0.15, 0.2) is 11.4 Å². The van der Waals surface area contributed by atoms with Crippen LogP contribution in [0, 0.1) is 0 Å².